The van der Waals surface area contributed by atoms with Gasteiger partial charge in [-0.3, -0.25) is 10.1 Å². The average Bonchev–Trinajstić information content (AvgIpc) is 2.73. The number of benzene rings is 2. The molecular formula is C22H26N6O2. The van der Waals surface area contributed by atoms with E-state index in [0.29, 0.717) is 30.5 Å². The molecule has 1 heterocycles. The summed E-state index contributed by atoms with van der Waals surface area (Å²) >= 11 is 0. The lowest BCUT2D eigenvalue weighted by molar-refractivity contribution is -0.385. The van der Waals surface area contributed by atoms with Crippen molar-refractivity contribution >= 4 is 28.2 Å². The van der Waals surface area contributed by atoms with E-state index in [4.69, 9.17) is 11.5 Å². The van der Waals surface area contributed by atoms with Crippen molar-refractivity contribution in [1.29, 1.82) is 0 Å². The van der Waals surface area contributed by atoms with Gasteiger partial charge in [0.2, 0.25) is 11.8 Å². The number of nitrogens with zero attached hydrogens (tertiary/aromatic N) is 3. The number of nitrogens with two attached hydrogens (primary N) is 2. The molecule has 3 aromatic rings. The Morgan fingerprint density at radius 2 is 1.80 bits per heavy atom. The number of nitrogens with one attached hydrogen (secondary N) is 1. The Hall–Kier alpha value is -3.26. The lowest BCUT2D eigenvalue weighted by atomic mass is 9.83. The second-order valence-electron chi connectivity index (χ2n) is 7.96. The van der Waals surface area contributed by atoms with Gasteiger partial charge in [-0.2, -0.15) is 4.98 Å². The SMILES string of the molecule is Nc1nc(NCc2cccc3ccccc23)nc(C[C@H]2CC[C@H](N)CC2)c1[N+](=O)[O-]. The third-order valence-electron chi connectivity index (χ3n) is 5.86. The number of nitrogen functional groups attached to an aromatic ring is 1. The molecule has 0 radical (unpaired) electrons. The quantitative estimate of drug-likeness (QED) is 0.419. The van der Waals surface area contributed by atoms with Crippen LogP contribution in [0.25, 0.3) is 10.8 Å². The molecule has 8 heteroatoms. The third-order valence-corrected chi connectivity index (χ3v) is 5.86. The predicted octanol–water partition coefficient (Wildman–Crippen LogP) is 3.79. The number of fused-ring (bicyclic) bond motifs is 1. The Kier molecular flexibility index (Phi) is 5.76. The van der Waals surface area contributed by atoms with Gasteiger partial charge in [0.1, 0.15) is 5.69 Å². The molecule has 1 saturated carbocycles. The van der Waals surface area contributed by atoms with E-state index in [-0.39, 0.29) is 17.5 Å². The number of hydrogen-bond acceptors (Lipinski definition) is 7. The molecule has 0 atom stereocenters. The topological polar surface area (TPSA) is 133 Å². The number of nitro groups is 1. The van der Waals surface area contributed by atoms with Crippen LogP contribution in [0.1, 0.15) is 36.9 Å². The zero-order chi connectivity index (χ0) is 21.1. The summed E-state index contributed by atoms with van der Waals surface area (Å²) in [7, 11) is 0. The van der Waals surface area contributed by atoms with Gasteiger partial charge in [0.25, 0.3) is 0 Å². The lowest BCUT2D eigenvalue weighted by Crippen LogP contribution is -2.27. The molecule has 0 bridgehead atoms. The van der Waals surface area contributed by atoms with Gasteiger partial charge in [0.05, 0.1) is 4.92 Å². The maximum Gasteiger partial charge on any atom is 0.332 e. The summed E-state index contributed by atoms with van der Waals surface area (Å²) in [5.41, 5.74) is 13.3. The van der Waals surface area contributed by atoms with Gasteiger partial charge < -0.3 is 16.8 Å². The molecule has 0 spiro atoms. The first-order chi connectivity index (χ1) is 14.5. The first-order valence-electron chi connectivity index (χ1n) is 10.3. The van der Waals surface area contributed by atoms with Crippen molar-refractivity contribution in [3.63, 3.8) is 0 Å². The summed E-state index contributed by atoms with van der Waals surface area (Å²) in [6.07, 6.45) is 4.27. The Labute approximate surface area is 174 Å². The molecule has 1 aliphatic carbocycles. The van der Waals surface area contributed by atoms with Crippen LogP contribution in [-0.2, 0) is 13.0 Å². The van der Waals surface area contributed by atoms with Crippen molar-refractivity contribution in [3.8, 4) is 0 Å². The van der Waals surface area contributed by atoms with Crippen LogP contribution in [0.3, 0.4) is 0 Å². The first kappa shape index (κ1) is 20.0. The van der Waals surface area contributed by atoms with E-state index in [2.05, 4.69) is 33.5 Å². The Bertz CT molecular complexity index is 1060. The average molecular weight is 406 g/mol. The highest BCUT2D eigenvalue weighted by Gasteiger charge is 2.27. The predicted molar refractivity (Wildman–Crippen MR) is 118 cm³/mol. The number of anilines is 2. The van der Waals surface area contributed by atoms with Crippen molar-refractivity contribution in [1.82, 2.24) is 9.97 Å². The fourth-order valence-electron chi connectivity index (χ4n) is 4.23. The third kappa shape index (κ3) is 4.33. The van der Waals surface area contributed by atoms with E-state index in [1.807, 2.05) is 24.3 Å². The van der Waals surface area contributed by atoms with Crippen LogP contribution in [0.15, 0.2) is 42.5 Å². The maximum atomic E-state index is 11.6. The fraction of sp³-hybridized carbons (Fsp3) is 0.364. The van der Waals surface area contributed by atoms with Gasteiger partial charge in [-0.25, -0.2) is 4.98 Å². The van der Waals surface area contributed by atoms with Crippen molar-refractivity contribution in [2.75, 3.05) is 11.1 Å². The summed E-state index contributed by atoms with van der Waals surface area (Å²) < 4.78 is 0. The minimum Gasteiger partial charge on any atom is -0.378 e. The van der Waals surface area contributed by atoms with Crippen LogP contribution in [0.4, 0.5) is 17.5 Å². The van der Waals surface area contributed by atoms with Gasteiger partial charge in [-0.1, -0.05) is 42.5 Å². The van der Waals surface area contributed by atoms with E-state index in [0.717, 1.165) is 42.0 Å². The summed E-state index contributed by atoms with van der Waals surface area (Å²) in [6.45, 7) is 0.496. The van der Waals surface area contributed by atoms with Gasteiger partial charge >= 0.3 is 5.69 Å². The smallest absolute Gasteiger partial charge is 0.332 e. The standard InChI is InChI=1S/C22H26N6O2/c23-17-10-8-14(9-11-17)12-19-20(28(29)30)21(24)27-22(26-19)25-13-16-6-3-5-15-4-1-2-7-18(15)16/h1-7,14,17H,8-13,23H2,(H3,24,25,26,27)/t14-,17-. The largest absolute Gasteiger partial charge is 0.378 e. The lowest BCUT2D eigenvalue weighted by Gasteiger charge is -2.25. The van der Waals surface area contributed by atoms with Crippen molar-refractivity contribution in [2.24, 2.45) is 11.7 Å². The number of aromatic nitrogens is 2. The van der Waals surface area contributed by atoms with Gasteiger partial charge in [-0.15, -0.1) is 0 Å². The van der Waals surface area contributed by atoms with E-state index in [1.165, 1.54) is 0 Å². The van der Waals surface area contributed by atoms with Gasteiger partial charge in [0, 0.05) is 12.6 Å². The molecule has 1 fully saturated rings. The highest BCUT2D eigenvalue weighted by Crippen LogP contribution is 2.32. The Morgan fingerprint density at radius 3 is 2.57 bits per heavy atom. The molecule has 8 nitrogen and oxygen atoms in total. The van der Waals surface area contributed by atoms with Gasteiger partial charge in [0.15, 0.2) is 0 Å². The van der Waals surface area contributed by atoms with Crippen LogP contribution in [0.5, 0.6) is 0 Å². The molecule has 30 heavy (non-hydrogen) atoms. The Morgan fingerprint density at radius 1 is 1.07 bits per heavy atom. The zero-order valence-corrected chi connectivity index (χ0v) is 16.8. The molecule has 0 amide bonds. The molecular weight excluding hydrogens is 380 g/mol. The highest BCUT2D eigenvalue weighted by molar-refractivity contribution is 5.85. The van der Waals surface area contributed by atoms with Crippen molar-refractivity contribution < 1.29 is 4.92 Å². The molecule has 0 aliphatic heterocycles. The molecule has 1 aromatic heterocycles. The first-order valence-corrected chi connectivity index (χ1v) is 10.3. The molecule has 2 aromatic carbocycles. The molecule has 156 valence electrons. The van der Waals surface area contributed by atoms with E-state index in [9.17, 15) is 10.1 Å². The fourth-order valence-corrected chi connectivity index (χ4v) is 4.23. The normalized spacial score (nSPS) is 19.0. The van der Waals surface area contributed by atoms with Crippen LogP contribution >= 0.6 is 0 Å². The molecule has 0 unspecified atom stereocenters. The second kappa shape index (κ2) is 8.62. The second-order valence-corrected chi connectivity index (χ2v) is 7.96. The van der Waals surface area contributed by atoms with Crippen molar-refractivity contribution in [2.45, 2.75) is 44.7 Å². The van der Waals surface area contributed by atoms with E-state index in [1.54, 1.807) is 0 Å². The minimum atomic E-state index is -0.478. The monoisotopic (exact) mass is 406 g/mol. The van der Waals surface area contributed by atoms with Crippen LogP contribution in [-0.4, -0.2) is 20.9 Å². The number of rotatable bonds is 6. The maximum absolute atomic E-state index is 11.6. The highest BCUT2D eigenvalue weighted by atomic mass is 16.6. The summed E-state index contributed by atoms with van der Waals surface area (Å²) in [5, 5.41) is 17.1. The Balaban J connectivity index is 1.57. The molecule has 5 N–H and O–H groups in total. The van der Waals surface area contributed by atoms with E-state index < -0.39 is 4.92 Å². The van der Waals surface area contributed by atoms with Crippen molar-refractivity contribution in [3.05, 3.63) is 63.8 Å². The van der Waals surface area contributed by atoms with E-state index >= 15 is 0 Å². The van der Waals surface area contributed by atoms with Crippen LogP contribution < -0.4 is 16.8 Å². The minimum absolute atomic E-state index is 0.0991. The zero-order valence-electron chi connectivity index (χ0n) is 16.8. The molecule has 4 rings (SSSR count). The summed E-state index contributed by atoms with van der Waals surface area (Å²) in [4.78, 5) is 19.7. The summed E-state index contributed by atoms with van der Waals surface area (Å²) in [6, 6.07) is 14.5. The number of hydrogen-bond donors (Lipinski definition) is 3. The van der Waals surface area contributed by atoms with Crippen LogP contribution in [0, 0.1) is 16.0 Å². The van der Waals surface area contributed by atoms with Gasteiger partial charge in [-0.05, 0) is 54.4 Å². The summed E-state index contributed by atoms with van der Waals surface area (Å²) in [5.74, 6) is 0.537. The molecule has 1 aliphatic rings. The van der Waals surface area contributed by atoms with Crippen LogP contribution in [0.2, 0.25) is 0 Å². The molecule has 0 saturated heterocycles.